The lowest BCUT2D eigenvalue weighted by Crippen LogP contribution is -2.43. The SMILES string of the molecule is CC1CCC(Oc2ccccc2N2CCCC(N)C2)CC1. The van der Waals surface area contributed by atoms with E-state index >= 15 is 0 Å². The van der Waals surface area contributed by atoms with Crippen molar-refractivity contribution in [1.29, 1.82) is 0 Å². The minimum atomic E-state index is 0.294. The highest BCUT2D eigenvalue weighted by atomic mass is 16.5. The van der Waals surface area contributed by atoms with Crippen LogP contribution < -0.4 is 15.4 Å². The van der Waals surface area contributed by atoms with Crippen LogP contribution in [0.5, 0.6) is 5.75 Å². The van der Waals surface area contributed by atoms with Gasteiger partial charge < -0.3 is 15.4 Å². The summed E-state index contributed by atoms with van der Waals surface area (Å²) in [5.74, 6) is 1.91. The molecule has 1 aromatic carbocycles. The molecule has 2 N–H and O–H groups in total. The molecule has 3 nitrogen and oxygen atoms in total. The molecule has 21 heavy (non-hydrogen) atoms. The van der Waals surface area contributed by atoms with Gasteiger partial charge in [-0.3, -0.25) is 0 Å². The Morgan fingerprint density at radius 1 is 1.10 bits per heavy atom. The molecule has 1 aliphatic heterocycles. The molecule has 2 aliphatic rings. The van der Waals surface area contributed by atoms with Gasteiger partial charge in [0.15, 0.2) is 0 Å². The fourth-order valence-electron chi connectivity index (χ4n) is 3.57. The quantitative estimate of drug-likeness (QED) is 0.924. The largest absolute Gasteiger partial charge is 0.488 e. The van der Waals surface area contributed by atoms with Gasteiger partial charge in [-0.25, -0.2) is 0 Å². The molecule has 3 heteroatoms. The van der Waals surface area contributed by atoms with E-state index in [-0.39, 0.29) is 0 Å². The summed E-state index contributed by atoms with van der Waals surface area (Å²) in [7, 11) is 0. The van der Waals surface area contributed by atoms with Gasteiger partial charge in [0, 0.05) is 19.1 Å². The van der Waals surface area contributed by atoms with Crippen molar-refractivity contribution in [3.05, 3.63) is 24.3 Å². The number of anilines is 1. The van der Waals surface area contributed by atoms with Crippen molar-refractivity contribution in [1.82, 2.24) is 0 Å². The Bertz CT molecular complexity index is 454. The zero-order valence-electron chi connectivity index (χ0n) is 13.1. The molecule has 1 saturated heterocycles. The van der Waals surface area contributed by atoms with E-state index in [1.807, 2.05) is 0 Å². The second-order valence-electron chi connectivity index (χ2n) is 6.82. The van der Waals surface area contributed by atoms with E-state index in [2.05, 4.69) is 36.1 Å². The maximum absolute atomic E-state index is 6.34. The molecule has 1 aliphatic carbocycles. The monoisotopic (exact) mass is 288 g/mol. The lowest BCUT2D eigenvalue weighted by atomic mass is 9.89. The molecule has 2 fully saturated rings. The van der Waals surface area contributed by atoms with Crippen molar-refractivity contribution >= 4 is 5.69 Å². The fraction of sp³-hybridized carbons (Fsp3) is 0.667. The number of para-hydroxylation sites is 2. The Hall–Kier alpha value is -1.22. The Balaban J connectivity index is 1.70. The maximum atomic E-state index is 6.34. The van der Waals surface area contributed by atoms with E-state index in [0.717, 1.165) is 31.2 Å². The van der Waals surface area contributed by atoms with Crippen LogP contribution in [-0.2, 0) is 0 Å². The van der Waals surface area contributed by atoms with E-state index in [1.54, 1.807) is 0 Å². The zero-order valence-corrected chi connectivity index (χ0v) is 13.1. The molecular weight excluding hydrogens is 260 g/mol. The molecule has 1 aromatic rings. The predicted molar refractivity (Wildman–Crippen MR) is 87.9 cm³/mol. The third-order valence-electron chi connectivity index (χ3n) is 4.92. The molecule has 1 saturated carbocycles. The summed E-state index contributed by atoms with van der Waals surface area (Å²) >= 11 is 0. The van der Waals surface area contributed by atoms with Crippen molar-refractivity contribution < 1.29 is 4.74 Å². The first-order valence-corrected chi connectivity index (χ1v) is 8.48. The van der Waals surface area contributed by atoms with Crippen molar-refractivity contribution in [3.8, 4) is 5.75 Å². The number of hydrogen-bond acceptors (Lipinski definition) is 3. The molecule has 1 atom stereocenters. The molecule has 116 valence electrons. The molecule has 0 radical (unpaired) electrons. The predicted octanol–water partition coefficient (Wildman–Crippen LogP) is 3.57. The normalized spacial score (nSPS) is 30.2. The lowest BCUT2D eigenvalue weighted by Gasteiger charge is -2.35. The van der Waals surface area contributed by atoms with Crippen LogP contribution in [0.25, 0.3) is 0 Å². The highest BCUT2D eigenvalue weighted by molar-refractivity contribution is 5.58. The van der Waals surface area contributed by atoms with Crippen LogP contribution in [-0.4, -0.2) is 25.2 Å². The first-order valence-electron chi connectivity index (χ1n) is 8.48. The average molecular weight is 288 g/mol. The topological polar surface area (TPSA) is 38.5 Å². The van der Waals surface area contributed by atoms with E-state index in [9.17, 15) is 0 Å². The van der Waals surface area contributed by atoms with Crippen LogP contribution in [0.15, 0.2) is 24.3 Å². The highest BCUT2D eigenvalue weighted by Crippen LogP contribution is 2.34. The number of benzene rings is 1. The lowest BCUT2D eigenvalue weighted by molar-refractivity contribution is 0.136. The first-order chi connectivity index (χ1) is 10.2. The summed E-state index contributed by atoms with van der Waals surface area (Å²) in [6.45, 7) is 4.39. The second-order valence-corrected chi connectivity index (χ2v) is 6.82. The highest BCUT2D eigenvalue weighted by Gasteiger charge is 2.23. The van der Waals surface area contributed by atoms with Gasteiger partial charge in [0.2, 0.25) is 0 Å². The Labute approximate surface area is 128 Å². The van der Waals surface area contributed by atoms with E-state index < -0.39 is 0 Å². The molecule has 0 spiro atoms. The molecule has 1 unspecified atom stereocenters. The zero-order chi connectivity index (χ0) is 14.7. The molecule has 0 amide bonds. The van der Waals surface area contributed by atoms with Gasteiger partial charge in [-0.15, -0.1) is 0 Å². The maximum Gasteiger partial charge on any atom is 0.143 e. The molecule has 0 bridgehead atoms. The minimum Gasteiger partial charge on any atom is -0.488 e. The summed E-state index contributed by atoms with van der Waals surface area (Å²) < 4.78 is 6.34. The van der Waals surface area contributed by atoms with Crippen LogP contribution in [0.2, 0.25) is 0 Å². The van der Waals surface area contributed by atoms with E-state index in [0.29, 0.717) is 12.1 Å². The van der Waals surface area contributed by atoms with Crippen molar-refractivity contribution in [2.24, 2.45) is 11.7 Å². The fourth-order valence-corrected chi connectivity index (χ4v) is 3.57. The van der Waals surface area contributed by atoms with Gasteiger partial charge in [0.1, 0.15) is 5.75 Å². The number of rotatable bonds is 3. The van der Waals surface area contributed by atoms with Gasteiger partial charge in [-0.1, -0.05) is 19.1 Å². The third kappa shape index (κ3) is 3.70. The Morgan fingerprint density at radius 2 is 1.86 bits per heavy atom. The molecule has 3 rings (SSSR count). The minimum absolute atomic E-state index is 0.294. The summed E-state index contributed by atoms with van der Waals surface area (Å²) in [4.78, 5) is 2.40. The summed E-state index contributed by atoms with van der Waals surface area (Å²) in [5.41, 5.74) is 7.36. The number of nitrogens with zero attached hydrogens (tertiary/aromatic N) is 1. The van der Waals surface area contributed by atoms with Crippen molar-refractivity contribution in [2.75, 3.05) is 18.0 Å². The van der Waals surface area contributed by atoms with Crippen LogP contribution in [0.4, 0.5) is 5.69 Å². The smallest absolute Gasteiger partial charge is 0.143 e. The van der Waals surface area contributed by atoms with Gasteiger partial charge in [-0.2, -0.15) is 0 Å². The Kier molecular flexibility index (Phi) is 4.69. The number of piperidine rings is 1. The number of hydrogen-bond donors (Lipinski definition) is 1. The van der Waals surface area contributed by atoms with Gasteiger partial charge in [0.05, 0.1) is 11.8 Å². The standard InChI is InChI=1S/C18H28N2O/c1-14-8-10-16(11-9-14)21-18-7-3-2-6-17(18)20-12-4-5-15(19)13-20/h2-3,6-7,14-16H,4-5,8-13,19H2,1H3. The van der Waals surface area contributed by atoms with Gasteiger partial charge in [-0.05, 0) is 56.6 Å². The third-order valence-corrected chi connectivity index (χ3v) is 4.92. The van der Waals surface area contributed by atoms with Gasteiger partial charge >= 0.3 is 0 Å². The summed E-state index contributed by atoms with van der Waals surface area (Å²) in [6.07, 6.45) is 7.67. The first kappa shape index (κ1) is 14.7. The van der Waals surface area contributed by atoms with Crippen molar-refractivity contribution in [3.63, 3.8) is 0 Å². The Morgan fingerprint density at radius 3 is 2.62 bits per heavy atom. The van der Waals surface area contributed by atoms with E-state index in [1.165, 1.54) is 37.8 Å². The van der Waals surface area contributed by atoms with Crippen LogP contribution in [0, 0.1) is 5.92 Å². The van der Waals surface area contributed by atoms with Crippen LogP contribution >= 0.6 is 0 Å². The number of ether oxygens (including phenoxy) is 1. The van der Waals surface area contributed by atoms with E-state index in [4.69, 9.17) is 10.5 Å². The average Bonchev–Trinajstić information content (AvgIpc) is 2.50. The van der Waals surface area contributed by atoms with Crippen molar-refractivity contribution in [2.45, 2.75) is 57.6 Å². The summed E-state index contributed by atoms with van der Waals surface area (Å²) in [6, 6.07) is 8.77. The van der Waals surface area contributed by atoms with Gasteiger partial charge in [0.25, 0.3) is 0 Å². The molecule has 1 heterocycles. The number of nitrogens with two attached hydrogens (primary N) is 1. The van der Waals surface area contributed by atoms with Crippen LogP contribution in [0.3, 0.4) is 0 Å². The molecular formula is C18H28N2O. The summed E-state index contributed by atoms with van der Waals surface area (Å²) in [5, 5.41) is 0. The molecule has 0 aromatic heterocycles. The van der Waals surface area contributed by atoms with Crippen LogP contribution in [0.1, 0.15) is 45.4 Å². The second kappa shape index (κ2) is 6.69.